The third-order valence-corrected chi connectivity index (χ3v) is 2.99. The van der Waals surface area contributed by atoms with Gasteiger partial charge < -0.3 is 16.8 Å². The van der Waals surface area contributed by atoms with Crippen LogP contribution in [0.5, 0.6) is 0 Å². The minimum Gasteiger partial charge on any atom is -0.382 e. The predicted molar refractivity (Wildman–Crippen MR) is 81.3 cm³/mol. The van der Waals surface area contributed by atoms with Gasteiger partial charge in [0.15, 0.2) is 5.69 Å². The smallest absolute Gasteiger partial charge is 0.271 e. The van der Waals surface area contributed by atoms with Crippen molar-refractivity contribution in [2.45, 2.75) is 26.7 Å². The normalized spacial score (nSPS) is 10.7. The number of pyridine rings is 1. The first-order valence-corrected chi connectivity index (χ1v) is 6.56. The number of nitrogens with one attached hydrogen (secondary N) is 1. The summed E-state index contributed by atoms with van der Waals surface area (Å²) < 4.78 is 0. The summed E-state index contributed by atoms with van der Waals surface area (Å²) >= 11 is 0. The molecule has 7 heteroatoms. The van der Waals surface area contributed by atoms with E-state index in [-0.39, 0.29) is 11.5 Å². The number of hydrogen-bond acceptors (Lipinski definition) is 6. The Bertz CT molecular complexity index is 683. The van der Waals surface area contributed by atoms with Gasteiger partial charge in [0.05, 0.1) is 5.69 Å². The zero-order valence-electron chi connectivity index (χ0n) is 12.2. The largest absolute Gasteiger partial charge is 0.382 e. The van der Waals surface area contributed by atoms with Crippen molar-refractivity contribution in [3.05, 3.63) is 35.2 Å². The van der Waals surface area contributed by atoms with Gasteiger partial charge >= 0.3 is 0 Å². The molecule has 2 rings (SSSR count). The number of amides is 1. The van der Waals surface area contributed by atoms with Crippen LogP contribution in [0.25, 0.3) is 0 Å². The van der Waals surface area contributed by atoms with Gasteiger partial charge in [0, 0.05) is 11.8 Å². The van der Waals surface area contributed by atoms with Gasteiger partial charge in [-0.3, -0.25) is 4.79 Å². The van der Waals surface area contributed by atoms with Crippen LogP contribution in [0.15, 0.2) is 18.2 Å². The van der Waals surface area contributed by atoms with Gasteiger partial charge in [-0.15, -0.1) is 10.2 Å². The number of rotatable bonds is 4. The Morgan fingerprint density at radius 1 is 1.29 bits per heavy atom. The maximum atomic E-state index is 11.4. The Morgan fingerprint density at radius 2 is 2.00 bits per heavy atom. The van der Waals surface area contributed by atoms with Crippen molar-refractivity contribution in [2.24, 2.45) is 5.73 Å². The van der Waals surface area contributed by atoms with Gasteiger partial charge in [0.2, 0.25) is 0 Å². The summed E-state index contributed by atoms with van der Waals surface area (Å²) in [7, 11) is 0. The number of anilines is 3. The molecule has 0 fully saturated rings. The summed E-state index contributed by atoms with van der Waals surface area (Å²) in [4.78, 5) is 15.9. The number of primary amides is 1. The minimum absolute atomic E-state index is 0.0256. The minimum atomic E-state index is -0.679. The molecule has 0 atom stereocenters. The summed E-state index contributed by atoms with van der Waals surface area (Å²) in [6, 6.07) is 5.29. The fourth-order valence-corrected chi connectivity index (χ4v) is 2.02. The fraction of sp³-hybridized carbons (Fsp3) is 0.286. The summed E-state index contributed by atoms with van der Waals surface area (Å²) in [5.74, 6) is 0.405. The Balaban J connectivity index is 2.40. The third-order valence-electron chi connectivity index (χ3n) is 2.99. The van der Waals surface area contributed by atoms with Crippen LogP contribution in [0, 0.1) is 6.92 Å². The van der Waals surface area contributed by atoms with E-state index in [1.807, 2.05) is 19.1 Å². The Hall–Kier alpha value is -2.70. The molecule has 7 nitrogen and oxygen atoms in total. The first-order chi connectivity index (χ1) is 9.88. The number of aryl methyl sites for hydroxylation is 1. The number of nitrogens with two attached hydrogens (primary N) is 2. The highest BCUT2D eigenvalue weighted by molar-refractivity contribution is 5.97. The van der Waals surface area contributed by atoms with Crippen molar-refractivity contribution < 1.29 is 4.79 Å². The molecule has 2 aromatic rings. The molecule has 0 spiro atoms. The van der Waals surface area contributed by atoms with Crippen LogP contribution in [0.2, 0.25) is 0 Å². The van der Waals surface area contributed by atoms with E-state index >= 15 is 0 Å². The number of hydrogen-bond donors (Lipinski definition) is 3. The van der Waals surface area contributed by atoms with Crippen molar-refractivity contribution in [1.29, 1.82) is 0 Å². The molecule has 21 heavy (non-hydrogen) atoms. The topological polar surface area (TPSA) is 120 Å². The maximum absolute atomic E-state index is 11.4. The first kappa shape index (κ1) is 14.7. The van der Waals surface area contributed by atoms with Crippen molar-refractivity contribution in [2.75, 3.05) is 11.1 Å². The number of nitrogen functional groups attached to an aromatic ring is 1. The highest BCUT2D eigenvalue weighted by Crippen LogP contribution is 2.23. The van der Waals surface area contributed by atoms with E-state index in [1.54, 1.807) is 0 Å². The van der Waals surface area contributed by atoms with Gasteiger partial charge in [0.1, 0.15) is 11.6 Å². The van der Waals surface area contributed by atoms with Crippen LogP contribution in [-0.2, 0) is 0 Å². The number of carbonyl (C=O) groups excluding carboxylic acids is 1. The highest BCUT2D eigenvalue weighted by Gasteiger charge is 2.13. The molecule has 2 heterocycles. The number of aromatic nitrogens is 3. The summed E-state index contributed by atoms with van der Waals surface area (Å²) in [6.07, 6.45) is 0. The van der Waals surface area contributed by atoms with E-state index in [0.717, 1.165) is 11.3 Å². The molecule has 0 radical (unpaired) electrons. The van der Waals surface area contributed by atoms with E-state index in [1.165, 1.54) is 6.07 Å². The maximum Gasteiger partial charge on any atom is 0.271 e. The van der Waals surface area contributed by atoms with Crippen LogP contribution >= 0.6 is 0 Å². The molecule has 0 saturated carbocycles. The van der Waals surface area contributed by atoms with Crippen LogP contribution in [0.1, 0.15) is 41.5 Å². The molecule has 0 saturated heterocycles. The first-order valence-electron chi connectivity index (χ1n) is 6.56. The predicted octanol–water partition coefficient (Wildman–Crippen LogP) is 1.73. The molecular formula is C14H18N6O. The molecule has 0 unspecified atom stereocenters. The molecule has 0 aliphatic carbocycles. The van der Waals surface area contributed by atoms with Gasteiger partial charge in [-0.25, -0.2) is 4.98 Å². The lowest BCUT2D eigenvalue weighted by Crippen LogP contribution is -2.17. The lowest BCUT2D eigenvalue weighted by atomic mass is 10.1. The average Bonchev–Trinajstić information content (AvgIpc) is 2.40. The van der Waals surface area contributed by atoms with E-state index < -0.39 is 5.91 Å². The second kappa shape index (κ2) is 5.74. The summed E-state index contributed by atoms with van der Waals surface area (Å²) in [6.45, 7) is 6.15. The zero-order valence-corrected chi connectivity index (χ0v) is 12.2. The summed E-state index contributed by atoms with van der Waals surface area (Å²) in [5.41, 5.74) is 13.4. The van der Waals surface area contributed by atoms with Crippen LogP contribution in [0.4, 0.5) is 17.3 Å². The second-order valence-corrected chi connectivity index (χ2v) is 5.07. The van der Waals surface area contributed by atoms with Crippen molar-refractivity contribution in [1.82, 2.24) is 15.2 Å². The molecule has 0 aliphatic heterocycles. The lowest BCUT2D eigenvalue weighted by molar-refractivity contribution is 0.0995. The highest BCUT2D eigenvalue weighted by atomic mass is 16.1. The fourth-order valence-electron chi connectivity index (χ4n) is 2.02. The van der Waals surface area contributed by atoms with Crippen LogP contribution in [-0.4, -0.2) is 21.1 Å². The molecule has 5 N–H and O–H groups in total. The third kappa shape index (κ3) is 3.25. The summed E-state index contributed by atoms with van der Waals surface area (Å²) in [5, 5.41) is 10.4. The molecule has 110 valence electrons. The van der Waals surface area contributed by atoms with Crippen LogP contribution < -0.4 is 16.8 Å². The second-order valence-electron chi connectivity index (χ2n) is 5.07. The molecule has 1 amide bonds. The Labute approximate surface area is 122 Å². The molecule has 2 aromatic heterocycles. The zero-order chi connectivity index (χ0) is 15.6. The lowest BCUT2D eigenvalue weighted by Gasteiger charge is -2.13. The monoisotopic (exact) mass is 286 g/mol. The average molecular weight is 286 g/mol. The standard InChI is InChI=1S/C14H18N6O/c1-7(2)12-8(3)4-5-11(18-12)17-9-6-10(15)19-20-13(9)14(16)21/h4-7H,1-3H3,(H2,16,21)(H3,15,17,18,19). The van der Waals surface area contributed by atoms with Gasteiger partial charge in [-0.2, -0.15) is 0 Å². The quantitative estimate of drug-likeness (QED) is 0.787. The van der Waals surface area contributed by atoms with E-state index in [9.17, 15) is 4.79 Å². The van der Waals surface area contributed by atoms with E-state index in [4.69, 9.17) is 11.5 Å². The van der Waals surface area contributed by atoms with Crippen molar-refractivity contribution in [3.63, 3.8) is 0 Å². The van der Waals surface area contributed by atoms with Crippen LogP contribution in [0.3, 0.4) is 0 Å². The Morgan fingerprint density at radius 3 is 2.62 bits per heavy atom. The number of carbonyl (C=O) groups is 1. The molecule has 0 bridgehead atoms. The van der Waals surface area contributed by atoms with E-state index in [2.05, 4.69) is 34.3 Å². The Kier molecular flexibility index (Phi) is 4.02. The molecule has 0 aromatic carbocycles. The van der Waals surface area contributed by atoms with Crippen molar-refractivity contribution >= 4 is 23.2 Å². The molecular weight excluding hydrogens is 268 g/mol. The number of nitrogens with zero attached hydrogens (tertiary/aromatic N) is 3. The van der Waals surface area contributed by atoms with Gasteiger partial charge in [-0.1, -0.05) is 19.9 Å². The van der Waals surface area contributed by atoms with Gasteiger partial charge in [-0.05, 0) is 24.5 Å². The van der Waals surface area contributed by atoms with E-state index in [0.29, 0.717) is 17.4 Å². The molecule has 0 aliphatic rings. The van der Waals surface area contributed by atoms with Crippen molar-refractivity contribution in [3.8, 4) is 0 Å². The SMILES string of the molecule is Cc1ccc(Nc2cc(N)nnc2C(N)=O)nc1C(C)C. The van der Waals surface area contributed by atoms with Gasteiger partial charge in [0.25, 0.3) is 5.91 Å².